The molecule has 29 heavy (non-hydrogen) atoms. The summed E-state index contributed by atoms with van der Waals surface area (Å²) in [6, 6.07) is 13.0. The van der Waals surface area contributed by atoms with E-state index in [2.05, 4.69) is 35.0 Å². The monoisotopic (exact) mass is 437 g/mol. The molecule has 1 atom stereocenters. The largest absolute Gasteiger partial charge is 0.308 e. The summed E-state index contributed by atoms with van der Waals surface area (Å²) in [4.78, 5) is 5.00. The van der Waals surface area contributed by atoms with Crippen LogP contribution in [0.25, 0.3) is 0 Å². The summed E-state index contributed by atoms with van der Waals surface area (Å²) in [7, 11) is 0. The van der Waals surface area contributed by atoms with Crippen LogP contribution in [0.2, 0.25) is 10.0 Å². The van der Waals surface area contributed by atoms with Crippen LogP contribution in [0.4, 0.5) is 4.39 Å². The second kappa shape index (κ2) is 10.7. The van der Waals surface area contributed by atoms with E-state index in [1.165, 1.54) is 17.7 Å². The zero-order valence-electron chi connectivity index (χ0n) is 17.2. The highest BCUT2D eigenvalue weighted by atomic mass is 35.5. The van der Waals surface area contributed by atoms with Gasteiger partial charge in [0.1, 0.15) is 5.82 Å². The lowest BCUT2D eigenvalue weighted by Crippen LogP contribution is -2.51. The molecule has 0 radical (unpaired) electrons. The molecule has 0 amide bonds. The van der Waals surface area contributed by atoms with Gasteiger partial charge in [0.2, 0.25) is 0 Å². The van der Waals surface area contributed by atoms with Crippen molar-refractivity contribution in [2.24, 2.45) is 5.92 Å². The Morgan fingerprint density at radius 1 is 0.897 bits per heavy atom. The first-order chi connectivity index (χ1) is 13.9. The molecule has 0 aliphatic carbocycles. The minimum absolute atomic E-state index is 0.187. The van der Waals surface area contributed by atoms with Gasteiger partial charge in [-0.1, -0.05) is 55.2 Å². The molecular formula is C23H30Cl2FN3. The van der Waals surface area contributed by atoms with Crippen molar-refractivity contribution >= 4 is 23.2 Å². The second-order valence-electron chi connectivity index (χ2n) is 8.18. The van der Waals surface area contributed by atoms with Crippen LogP contribution in [0.1, 0.15) is 25.0 Å². The summed E-state index contributed by atoms with van der Waals surface area (Å²) < 4.78 is 13.1. The van der Waals surface area contributed by atoms with Crippen LogP contribution in [-0.4, -0.2) is 48.6 Å². The van der Waals surface area contributed by atoms with Crippen LogP contribution in [0.15, 0.2) is 42.5 Å². The topological polar surface area (TPSA) is 18.5 Å². The molecular weight excluding hydrogens is 408 g/mol. The van der Waals surface area contributed by atoms with Gasteiger partial charge in [-0.05, 0) is 41.3 Å². The number of nitrogens with one attached hydrogen (secondary N) is 1. The molecule has 1 saturated heterocycles. The number of halogens is 3. The van der Waals surface area contributed by atoms with Gasteiger partial charge in [-0.25, -0.2) is 4.39 Å². The number of nitrogens with zero attached hydrogens (tertiary/aromatic N) is 2. The molecule has 2 aromatic rings. The van der Waals surface area contributed by atoms with Crippen molar-refractivity contribution in [3.05, 3.63) is 69.5 Å². The van der Waals surface area contributed by atoms with Gasteiger partial charge in [-0.3, -0.25) is 9.80 Å². The molecule has 0 spiro atoms. The summed E-state index contributed by atoms with van der Waals surface area (Å²) in [5.74, 6) is 0.345. The fraction of sp³-hybridized carbons (Fsp3) is 0.478. The molecule has 1 aliphatic heterocycles. The van der Waals surface area contributed by atoms with Crippen molar-refractivity contribution in [1.82, 2.24) is 15.1 Å². The van der Waals surface area contributed by atoms with Gasteiger partial charge in [0.05, 0.1) is 10.0 Å². The van der Waals surface area contributed by atoms with Crippen molar-refractivity contribution in [3.63, 3.8) is 0 Å². The standard InChI is InChI=1S/C23H30Cl2FN3/c1-17(2)23(27-14-18-3-6-20(26)7-4-18)16-29-11-9-28(10-12-29)15-19-5-8-21(24)22(25)13-19/h3-8,13,17,23,27H,9-12,14-16H2,1-2H3/t23-/m1/s1. The molecule has 0 unspecified atom stereocenters. The van der Waals surface area contributed by atoms with Crippen molar-refractivity contribution in [1.29, 1.82) is 0 Å². The van der Waals surface area contributed by atoms with E-state index in [1.807, 2.05) is 24.3 Å². The summed E-state index contributed by atoms with van der Waals surface area (Å²) in [5, 5.41) is 4.88. The van der Waals surface area contributed by atoms with Gasteiger partial charge in [0, 0.05) is 51.9 Å². The summed E-state index contributed by atoms with van der Waals surface area (Å²) in [6.07, 6.45) is 0. The smallest absolute Gasteiger partial charge is 0.123 e. The maximum absolute atomic E-state index is 13.1. The fourth-order valence-corrected chi connectivity index (χ4v) is 3.99. The van der Waals surface area contributed by atoms with Gasteiger partial charge >= 0.3 is 0 Å². The van der Waals surface area contributed by atoms with Gasteiger partial charge in [-0.15, -0.1) is 0 Å². The molecule has 0 bridgehead atoms. The molecule has 1 aliphatic rings. The fourth-order valence-electron chi connectivity index (χ4n) is 3.67. The summed E-state index contributed by atoms with van der Waals surface area (Å²) in [5.41, 5.74) is 2.32. The van der Waals surface area contributed by atoms with E-state index in [1.54, 1.807) is 0 Å². The van der Waals surface area contributed by atoms with Crippen molar-refractivity contribution in [2.45, 2.75) is 33.0 Å². The number of hydrogen-bond donors (Lipinski definition) is 1. The number of benzene rings is 2. The van der Waals surface area contributed by atoms with E-state index in [-0.39, 0.29) is 5.82 Å². The predicted molar refractivity (Wildman–Crippen MR) is 120 cm³/mol. The van der Waals surface area contributed by atoms with E-state index >= 15 is 0 Å². The van der Waals surface area contributed by atoms with E-state index in [0.29, 0.717) is 22.0 Å². The predicted octanol–water partition coefficient (Wildman–Crippen LogP) is 5.06. The first-order valence-electron chi connectivity index (χ1n) is 10.3. The Bertz CT molecular complexity index is 774. The Morgan fingerprint density at radius 3 is 2.14 bits per heavy atom. The summed E-state index contributed by atoms with van der Waals surface area (Å²) in [6.45, 7) is 11.4. The minimum atomic E-state index is -0.187. The highest BCUT2D eigenvalue weighted by Crippen LogP contribution is 2.23. The van der Waals surface area contributed by atoms with Gasteiger partial charge in [0.15, 0.2) is 0 Å². The van der Waals surface area contributed by atoms with Crippen molar-refractivity contribution in [3.8, 4) is 0 Å². The highest BCUT2D eigenvalue weighted by molar-refractivity contribution is 6.42. The average Bonchev–Trinajstić information content (AvgIpc) is 2.70. The molecule has 3 rings (SSSR count). The zero-order chi connectivity index (χ0) is 20.8. The van der Waals surface area contributed by atoms with Crippen LogP contribution in [0.3, 0.4) is 0 Å². The average molecular weight is 438 g/mol. The van der Waals surface area contributed by atoms with E-state index in [0.717, 1.165) is 51.4 Å². The van der Waals surface area contributed by atoms with Crippen molar-refractivity contribution in [2.75, 3.05) is 32.7 Å². The van der Waals surface area contributed by atoms with Crippen molar-refractivity contribution < 1.29 is 4.39 Å². The van der Waals surface area contributed by atoms with E-state index in [4.69, 9.17) is 23.2 Å². The molecule has 1 N–H and O–H groups in total. The second-order valence-corrected chi connectivity index (χ2v) is 9.00. The maximum atomic E-state index is 13.1. The Balaban J connectivity index is 1.45. The molecule has 6 heteroatoms. The molecule has 158 valence electrons. The van der Waals surface area contributed by atoms with Crippen LogP contribution in [-0.2, 0) is 13.1 Å². The molecule has 2 aromatic carbocycles. The third-order valence-corrected chi connectivity index (χ3v) is 6.34. The minimum Gasteiger partial charge on any atom is -0.308 e. The highest BCUT2D eigenvalue weighted by Gasteiger charge is 2.22. The Hall–Kier alpha value is -1.17. The number of hydrogen-bond acceptors (Lipinski definition) is 3. The number of piperazine rings is 1. The third kappa shape index (κ3) is 6.94. The van der Waals surface area contributed by atoms with Crippen LogP contribution in [0, 0.1) is 11.7 Å². The molecule has 1 heterocycles. The maximum Gasteiger partial charge on any atom is 0.123 e. The Kier molecular flexibility index (Phi) is 8.34. The first kappa shape index (κ1) is 22.5. The van der Waals surface area contributed by atoms with E-state index in [9.17, 15) is 4.39 Å². The van der Waals surface area contributed by atoms with Crippen LogP contribution >= 0.6 is 23.2 Å². The van der Waals surface area contributed by atoms with Crippen LogP contribution < -0.4 is 5.32 Å². The Labute approximate surface area is 183 Å². The summed E-state index contributed by atoms with van der Waals surface area (Å²) >= 11 is 12.2. The molecule has 0 aromatic heterocycles. The van der Waals surface area contributed by atoms with E-state index < -0.39 is 0 Å². The van der Waals surface area contributed by atoms with Gasteiger partial charge in [-0.2, -0.15) is 0 Å². The first-order valence-corrected chi connectivity index (χ1v) is 11.0. The quantitative estimate of drug-likeness (QED) is 0.621. The SMILES string of the molecule is CC(C)[C@@H](CN1CCN(Cc2ccc(Cl)c(Cl)c2)CC1)NCc1ccc(F)cc1. The van der Waals surface area contributed by atoms with Gasteiger partial charge in [0.25, 0.3) is 0 Å². The lowest BCUT2D eigenvalue weighted by atomic mass is 10.0. The lowest BCUT2D eigenvalue weighted by Gasteiger charge is -2.37. The molecule has 0 saturated carbocycles. The third-order valence-electron chi connectivity index (χ3n) is 5.60. The lowest BCUT2D eigenvalue weighted by molar-refractivity contribution is 0.111. The zero-order valence-corrected chi connectivity index (χ0v) is 18.7. The van der Waals surface area contributed by atoms with Crippen LogP contribution in [0.5, 0.6) is 0 Å². The molecule has 3 nitrogen and oxygen atoms in total. The number of rotatable bonds is 8. The van der Waals surface area contributed by atoms with Gasteiger partial charge < -0.3 is 5.32 Å². The molecule has 1 fully saturated rings. The Morgan fingerprint density at radius 2 is 1.52 bits per heavy atom. The normalized spacial score (nSPS) is 17.0.